The van der Waals surface area contributed by atoms with Crippen molar-refractivity contribution in [2.24, 2.45) is 0 Å². The highest BCUT2D eigenvalue weighted by Crippen LogP contribution is 2.27. The van der Waals surface area contributed by atoms with Crippen LogP contribution in [-0.2, 0) is 19.4 Å². The topological polar surface area (TPSA) is 45.8 Å². The Morgan fingerprint density at radius 1 is 1.18 bits per heavy atom. The number of aryl methyl sites for hydroxylation is 2. The fourth-order valence-corrected chi connectivity index (χ4v) is 3.18. The Morgan fingerprint density at radius 3 is 2.77 bits per heavy atom. The molecule has 0 radical (unpaired) electrons. The predicted molar refractivity (Wildman–Crippen MR) is 87.8 cm³/mol. The quantitative estimate of drug-likeness (QED) is 0.863. The standard InChI is InChI=1S/C19H20N2O/c1-2-3-11-21-18(10-9-17(13-20)19(21)22)16-8-7-14-5-4-6-15(14)12-16/h7-10,12H,2-6,11H2,1H3. The molecule has 0 atom stereocenters. The molecule has 1 aliphatic carbocycles. The molecule has 0 bridgehead atoms. The molecule has 3 nitrogen and oxygen atoms in total. The monoisotopic (exact) mass is 292 g/mol. The lowest BCUT2D eigenvalue weighted by molar-refractivity contribution is 0.617. The summed E-state index contributed by atoms with van der Waals surface area (Å²) in [5.41, 5.74) is 4.89. The van der Waals surface area contributed by atoms with Gasteiger partial charge in [-0.1, -0.05) is 25.5 Å². The molecule has 0 spiro atoms. The Hall–Kier alpha value is -2.34. The van der Waals surface area contributed by atoms with Crippen LogP contribution in [0.3, 0.4) is 0 Å². The number of nitrogens with zero attached hydrogens (tertiary/aromatic N) is 2. The molecule has 0 amide bonds. The second-order valence-electron chi connectivity index (χ2n) is 5.89. The molecule has 22 heavy (non-hydrogen) atoms. The minimum Gasteiger partial charge on any atom is -0.307 e. The number of hydrogen-bond acceptors (Lipinski definition) is 2. The summed E-state index contributed by atoms with van der Waals surface area (Å²) in [6.45, 7) is 2.77. The molecule has 1 aromatic heterocycles. The van der Waals surface area contributed by atoms with Gasteiger partial charge in [0.25, 0.3) is 5.56 Å². The SMILES string of the molecule is CCCCn1c(-c2ccc3c(c2)CCC3)ccc(C#N)c1=O. The second-order valence-corrected chi connectivity index (χ2v) is 5.89. The van der Waals surface area contributed by atoms with Crippen LogP contribution in [0.25, 0.3) is 11.3 Å². The smallest absolute Gasteiger partial charge is 0.268 e. The Kier molecular flexibility index (Phi) is 4.11. The van der Waals surface area contributed by atoms with E-state index in [1.165, 1.54) is 17.5 Å². The lowest BCUT2D eigenvalue weighted by atomic mass is 10.0. The van der Waals surface area contributed by atoms with Crippen molar-refractivity contribution in [3.05, 3.63) is 57.4 Å². The average Bonchev–Trinajstić information content (AvgIpc) is 3.01. The van der Waals surface area contributed by atoms with Gasteiger partial charge in [-0.25, -0.2) is 0 Å². The maximum atomic E-state index is 12.5. The second kappa shape index (κ2) is 6.19. The van der Waals surface area contributed by atoms with Gasteiger partial charge in [0.15, 0.2) is 0 Å². The van der Waals surface area contributed by atoms with Crippen LogP contribution in [0.2, 0.25) is 0 Å². The number of nitriles is 1. The van der Waals surface area contributed by atoms with Gasteiger partial charge in [-0.3, -0.25) is 4.79 Å². The molecule has 1 aliphatic rings. The normalized spacial score (nSPS) is 12.9. The zero-order valence-corrected chi connectivity index (χ0v) is 12.9. The molecule has 0 N–H and O–H groups in total. The lowest BCUT2D eigenvalue weighted by Crippen LogP contribution is -2.24. The minimum absolute atomic E-state index is 0.172. The van der Waals surface area contributed by atoms with Crippen molar-refractivity contribution in [1.82, 2.24) is 4.57 Å². The molecule has 3 heteroatoms. The van der Waals surface area contributed by atoms with Crippen molar-refractivity contribution in [1.29, 1.82) is 5.26 Å². The molecule has 0 unspecified atom stereocenters. The highest BCUT2D eigenvalue weighted by Gasteiger charge is 2.14. The van der Waals surface area contributed by atoms with Gasteiger partial charge in [-0.2, -0.15) is 5.26 Å². The van der Waals surface area contributed by atoms with Crippen molar-refractivity contribution in [2.75, 3.05) is 0 Å². The van der Waals surface area contributed by atoms with Crippen LogP contribution in [0, 0.1) is 11.3 Å². The number of benzene rings is 1. The van der Waals surface area contributed by atoms with E-state index in [2.05, 4.69) is 25.1 Å². The Bertz CT molecular complexity index is 796. The van der Waals surface area contributed by atoms with E-state index in [1.807, 2.05) is 12.1 Å². The first-order valence-corrected chi connectivity index (χ1v) is 8.00. The molecule has 0 aliphatic heterocycles. The number of pyridine rings is 1. The molecule has 0 saturated carbocycles. The Balaban J connectivity index is 2.12. The molecular weight excluding hydrogens is 272 g/mol. The van der Waals surface area contributed by atoms with E-state index >= 15 is 0 Å². The summed E-state index contributed by atoms with van der Waals surface area (Å²) in [5.74, 6) is 0. The van der Waals surface area contributed by atoms with Crippen LogP contribution in [0.1, 0.15) is 42.9 Å². The van der Waals surface area contributed by atoms with Crippen LogP contribution < -0.4 is 5.56 Å². The number of unbranched alkanes of at least 4 members (excludes halogenated alkanes) is 1. The fraction of sp³-hybridized carbons (Fsp3) is 0.368. The van der Waals surface area contributed by atoms with Crippen molar-refractivity contribution in [3.8, 4) is 17.3 Å². The Labute approximate surface area is 130 Å². The molecule has 0 fully saturated rings. The van der Waals surface area contributed by atoms with Crippen molar-refractivity contribution in [3.63, 3.8) is 0 Å². The first-order chi connectivity index (χ1) is 10.7. The fourth-order valence-electron chi connectivity index (χ4n) is 3.18. The highest BCUT2D eigenvalue weighted by atomic mass is 16.1. The molecule has 1 heterocycles. The van der Waals surface area contributed by atoms with Gasteiger partial charge in [-0.15, -0.1) is 0 Å². The van der Waals surface area contributed by atoms with Crippen LogP contribution in [0.4, 0.5) is 0 Å². The average molecular weight is 292 g/mol. The number of hydrogen-bond donors (Lipinski definition) is 0. The van der Waals surface area contributed by atoms with E-state index in [0.717, 1.165) is 36.9 Å². The van der Waals surface area contributed by atoms with Crippen LogP contribution in [0.5, 0.6) is 0 Å². The van der Waals surface area contributed by atoms with Gasteiger partial charge in [0, 0.05) is 6.54 Å². The summed E-state index contributed by atoms with van der Waals surface area (Å²) >= 11 is 0. The van der Waals surface area contributed by atoms with E-state index in [1.54, 1.807) is 10.6 Å². The molecular formula is C19H20N2O. The van der Waals surface area contributed by atoms with Gasteiger partial charge >= 0.3 is 0 Å². The molecule has 3 rings (SSSR count). The van der Waals surface area contributed by atoms with Crippen molar-refractivity contribution >= 4 is 0 Å². The third-order valence-corrected chi connectivity index (χ3v) is 4.42. The summed E-state index contributed by atoms with van der Waals surface area (Å²) in [6, 6.07) is 12.1. The third kappa shape index (κ3) is 2.57. The van der Waals surface area contributed by atoms with E-state index in [-0.39, 0.29) is 11.1 Å². The molecule has 0 saturated heterocycles. The van der Waals surface area contributed by atoms with Gasteiger partial charge in [0.05, 0.1) is 5.69 Å². The minimum atomic E-state index is -0.172. The van der Waals surface area contributed by atoms with E-state index < -0.39 is 0 Å². The van der Waals surface area contributed by atoms with Crippen molar-refractivity contribution in [2.45, 2.75) is 45.6 Å². The van der Waals surface area contributed by atoms with Gasteiger partial charge in [0.1, 0.15) is 11.6 Å². The maximum absolute atomic E-state index is 12.5. The number of fused-ring (bicyclic) bond motifs is 1. The van der Waals surface area contributed by atoms with E-state index in [0.29, 0.717) is 6.54 Å². The van der Waals surface area contributed by atoms with E-state index in [9.17, 15) is 4.79 Å². The maximum Gasteiger partial charge on any atom is 0.268 e. The number of aromatic nitrogens is 1. The largest absolute Gasteiger partial charge is 0.307 e. The van der Waals surface area contributed by atoms with Crippen LogP contribution in [0.15, 0.2) is 35.1 Å². The zero-order valence-electron chi connectivity index (χ0n) is 12.9. The summed E-state index contributed by atoms with van der Waals surface area (Å²) in [7, 11) is 0. The van der Waals surface area contributed by atoms with Crippen molar-refractivity contribution < 1.29 is 0 Å². The summed E-state index contributed by atoms with van der Waals surface area (Å²) < 4.78 is 1.76. The Morgan fingerprint density at radius 2 is 2.00 bits per heavy atom. The zero-order chi connectivity index (χ0) is 15.5. The summed E-state index contributed by atoms with van der Waals surface area (Å²) in [5, 5.41) is 9.09. The lowest BCUT2D eigenvalue weighted by Gasteiger charge is -2.14. The first-order valence-electron chi connectivity index (χ1n) is 8.00. The highest BCUT2D eigenvalue weighted by molar-refractivity contribution is 5.63. The van der Waals surface area contributed by atoms with Crippen LogP contribution in [-0.4, -0.2) is 4.57 Å². The summed E-state index contributed by atoms with van der Waals surface area (Å²) in [4.78, 5) is 12.5. The number of rotatable bonds is 4. The third-order valence-electron chi connectivity index (χ3n) is 4.42. The predicted octanol–water partition coefficient (Wildman–Crippen LogP) is 3.68. The molecule has 1 aromatic carbocycles. The van der Waals surface area contributed by atoms with Gasteiger partial charge < -0.3 is 4.57 Å². The van der Waals surface area contributed by atoms with Gasteiger partial charge in [-0.05, 0) is 60.6 Å². The van der Waals surface area contributed by atoms with Crippen LogP contribution >= 0.6 is 0 Å². The first kappa shape index (κ1) is 14.6. The van der Waals surface area contributed by atoms with Gasteiger partial charge in [0.2, 0.25) is 0 Å². The molecule has 2 aromatic rings. The molecule has 112 valence electrons. The van der Waals surface area contributed by atoms with E-state index in [4.69, 9.17) is 5.26 Å². The summed E-state index contributed by atoms with van der Waals surface area (Å²) in [6.07, 6.45) is 5.46.